The van der Waals surface area contributed by atoms with Crippen LogP contribution in [0.4, 0.5) is 0 Å². The molecule has 2 rings (SSSR count). The van der Waals surface area contributed by atoms with Crippen molar-refractivity contribution < 1.29 is 14.3 Å². The van der Waals surface area contributed by atoms with Gasteiger partial charge in [0.05, 0.1) is 6.61 Å². The van der Waals surface area contributed by atoms with Crippen molar-refractivity contribution in [3.05, 3.63) is 0 Å². The zero-order chi connectivity index (χ0) is 14.8. The summed E-state index contributed by atoms with van der Waals surface area (Å²) in [7, 11) is 0. The molecule has 1 spiro atoms. The molecule has 1 aliphatic heterocycles. The minimum absolute atomic E-state index is 0.0322. The predicted octanol–water partition coefficient (Wildman–Crippen LogP) is 1.32. The molecule has 2 amide bonds. The number of rotatable bonds is 5. The monoisotopic (exact) mass is 282 g/mol. The first-order valence-electron chi connectivity index (χ1n) is 7.73. The van der Waals surface area contributed by atoms with Crippen LogP contribution in [0.3, 0.4) is 0 Å². The number of nitrogens with one attached hydrogen (secondary N) is 1. The molecule has 1 atom stereocenters. The maximum absolute atomic E-state index is 12.7. The zero-order valence-corrected chi connectivity index (χ0v) is 12.8. The largest absolute Gasteiger partial charge is 0.380 e. The third-order valence-electron chi connectivity index (χ3n) is 4.52. The van der Waals surface area contributed by atoms with Crippen LogP contribution in [0.1, 0.15) is 46.5 Å². The van der Waals surface area contributed by atoms with E-state index in [0.29, 0.717) is 19.8 Å². The fourth-order valence-corrected chi connectivity index (χ4v) is 3.37. The third kappa shape index (κ3) is 2.55. The molecule has 1 heterocycles. The normalized spacial score (nSPS) is 25.6. The van der Waals surface area contributed by atoms with E-state index in [1.165, 1.54) is 0 Å². The van der Waals surface area contributed by atoms with Gasteiger partial charge in [-0.1, -0.05) is 26.7 Å². The number of ether oxygens (including phenoxy) is 1. The Labute approximate surface area is 121 Å². The molecule has 5 nitrogen and oxygen atoms in total. The number of carbonyl (C=O) groups is 2. The molecule has 0 bridgehead atoms. The van der Waals surface area contributed by atoms with E-state index in [2.05, 4.69) is 5.32 Å². The molecular weight excluding hydrogens is 256 g/mol. The standard InChI is InChI=1S/C15H26N2O3/c1-4-20-10-9-17-13(18)12(11(2)3)16-14(19)15(17)7-5-6-8-15/h11-12H,4-10H2,1-3H3,(H,16,19). The van der Waals surface area contributed by atoms with Gasteiger partial charge in [-0.2, -0.15) is 0 Å². The van der Waals surface area contributed by atoms with Crippen molar-refractivity contribution in [2.24, 2.45) is 5.92 Å². The fraction of sp³-hybridized carbons (Fsp3) is 0.867. The van der Waals surface area contributed by atoms with Crippen LogP contribution in [-0.4, -0.2) is 48.1 Å². The SMILES string of the molecule is CCOCCN1C(=O)C(C(C)C)NC(=O)C12CCCC2. The first-order valence-corrected chi connectivity index (χ1v) is 7.73. The van der Waals surface area contributed by atoms with Crippen molar-refractivity contribution in [3.63, 3.8) is 0 Å². The summed E-state index contributed by atoms with van der Waals surface area (Å²) in [6.07, 6.45) is 3.58. The van der Waals surface area contributed by atoms with Gasteiger partial charge in [0.15, 0.2) is 0 Å². The molecule has 2 aliphatic rings. The number of nitrogens with zero attached hydrogens (tertiary/aromatic N) is 1. The summed E-state index contributed by atoms with van der Waals surface area (Å²) in [4.78, 5) is 27.1. The second kappa shape index (κ2) is 6.12. The molecule has 1 saturated heterocycles. The lowest BCUT2D eigenvalue weighted by atomic mass is 9.87. The van der Waals surface area contributed by atoms with E-state index in [1.54, 1.807) is 4.90 Å². The summed E-state index contributed by atoms with van der Waals surface area (Å²) in [5, 5.41) is 2.95. The van der Waals surface area contributed by atoms with Crippen LogP contribution in [0, 0.1) is 5.92 Å². The summed E-state index contributed by atoms with van der Waals surface area (Å²) in [5.41, 5.74) is -0.612. The van der Waals surface area contributed by atoms with Crippen LogP contribution >= 0.6 is 0 Å². The molecule has 5 heteroatoms. The topological polar surface area (TPSA) is 58.6 Å². The van der Waals surface area contributed by atoms with Crippen LogP contribution in [0.2, 0.25) is 0 Å². The van der Waals surface area contributed by atoms with Crippen LogP contribution in [0.25, 0.3) is 0 Å². The van der Waals surface area contributed by atoms with Gasteiger partial charge in [-0.25, -0.2) is 0 Å². The summed E-state index contributed by atoms with van der Waals surface area (Å²) < 4.78 is 5.39. The van der Waals surface area contributed by atoms with E-state index in [0.717, 1.165) is 25.7 Å². The molecule has 1 aliphatic carbocycles. The molecule has 2 fully saturated rings. The molecule has 114 valence electrons. The minimum atomic E-state index is -0.612. The molecule has 1 saturated carbocycles. The van der Waals surface area contributed by atoms with Crippen molar-refractivity contribution in [3.8, 4) is 0 Å². The van der Waals surface area contributed by atoms with Crippen molar-refractivity contribution in [2.45, 2.75) is 58.0 Å². The van der Waals surface area contributed by atoms with E-state index in [-0.39, 0.29) is 17.7 Å². The summed E-state index contributed by atoms with van der Waals surface area (Å²) in [5.74, 6) is 0.200. The minimum Gasteiger partial charge on any atom is -0.380 e. The molecule has 0 aromatic heterocycles. The van der Waals surface area contributed by atoms with Crippen LogP contribution < -0.4 is 5.32 Å². The average Bonchev–Trinajstić information content (AvgIpc) is 2.88. The quantitative estimate of drug-likeness (QED) is 0.774. The zero-order valence-electron chi connectivity index (χ0n) is 12.8. The van der Waals surface area contributed by atoms with Gasteiger partial charge >= 0.3 is 0 Å². The highest BCUT2D eigenvalue weighted by atomic mass is 16.5. The molecule has 1 N–H and O–H groups in total. The Hall–Kier alpha value is -1.10. The molecular formula is C15H26N2O3. The molecule has 20 heavy (non-hydrogen) atoms. The lowest BCUT2D eigenvalue weighted by Gasteiger charge is -2.47. The second-order valence-electron chi connectivity index (χ2n) is 6.12. The van der Waals surface area contributed by atoms with Crippen molar-refractivity contribution in [2.75, 3.05) is 19.8 Å². The highest BCUT2D eigenvalue weighted by Gasteiger charge is 2.53. The van der Waals surface area contributed by atoms with Gasteiger partial charge in [0, 0.05) is 13.2 Å². The molecule has 1 unspecified atom stereocenters. The van der Waals surface area contributed by atoms with E-state index < -0.39 is 11.6 Å². The van der Waals surface area contributed by atoms with Gasteiger partial charge in [0.25, 0.3) is 0 Å². The van der Waals surface area contributed by atoms with E-state index >= 15 is 0 Å². The Kier molecular flexibility index (Phi) is 4.68. The van der Waals surface area contributed by atoms with Gasteiger partial charge in [0.2, 0.25) is 11.8 Å². The van der Waals surface area contributed by atoms with Gasteiger partial charge in [0.1, 0.15) is 11.6 Å². The first kappa shape index (κ1) is 15.3. The number of hydrogen-bond donors (Lipinski definition) is 1. The summed E-state index contributed by atoms with van der Waals surface area (Å²) in [6, 6.07) is -0.393. The van der Waals surface area contributed by atoms with Gasteiger partial charge < -0.3 is 15.0 Å². The summed E-state index contributed by atoms with van der Waals surface area (Å²) in [6.45, 7) is 7.53. The smallest absolute Gasteiger partial charge is 0.246 e. The summed E-state index contributed by atoms with van der Waals surface area (Å²) >= 11 is 0. The first-order chi connectivity index (χ1) is 9.53. The van der Waals surface area contributed by atoms with Crippen LogP contribution in [-0.2, 0) is 14.3 Å². The number of carbonyl (C=O) groups excluding carboxylic acids is 2. The number of hydrogen-bond acceptors (Lipinski definition) is 3. The van der Waals surface area contributed by atoms with Crippen molar-refractivity contribution in [1.82, 2.24) is 10.2 Å². The van der Waals surface area contributed by atoms with E-state index in [4.69, 9.17) is 4.74 Å². The highest BCUT2D eigenvalue weighted by molar-refractivity contribution is 6.00. The Morgan fingerprint density at radius 2 is 2.00 bits per heavy atom. The van der Waals surface area contributed by atoms with Crippen molar-refractivity contribution in [1.29, 1.82) is 0 Å². The second-order valence-corrected chi connectivity index (χ2v) is 6.12. The van der Waals surface area contributed by atoms with Gasteiger partial charge in [-0.3, -0.25) is 9.59 Å². The molecule has 0 aromatic carbocycles. The van der Waals surface area contributed by atoms with Crippen LogP contribution in [0.15, 0.2) is 0 Å². The number of piperazine rings is 1. The molecule has 0 aromatic rings. The lowest BCUT2D eigenvalue weighted by molar-refractivity contribution is -0.159. The maximum atomic E-state index is 12.7. The van der Waals surface area contributed by atoms with Gasteiger partial charge in [-0.05, 0) is 25.7 Å². The Morgan fingerprint density at radius 3 is 2.55 bits per heavy atom. The average molecular weight is 282 g/mol. The lowest BCUT2D eigenvalue weighted by Crippen LogP contribution is -2.71. The van der Waals surface area contributed by atoms with Crippen molar-refractivity contribution >= 4 is 11.8 Å². The highest BCUT2D eigenvalue weighted by Crippen LogP contribution is 2.38. The van der Waals surface area contributed by atoms with E-state index in [1.807, 2.05) is 20.8 Å². The fourth-order valence-electron chi connectivity index (χ4n) is 3.37. The maximum Gasteiger partial charge on any atom is 0.246 e. The Morgan fingerprint density at radius 1 is 1.35 bits per heavy atom. The predicted molar refractivity (Wildman–Crippen MR) is 76.2 cm³/mol. The van der Waals surface area contributed by atoms with E-state index in [9.17, 15) is 9.59 Å². The van der Waals surface area contributed by atoms with Crippen LogP contribution in [0.5, 0.6) is 0 Å². The van der Waals surface area contributed by atoms with Gasteiger partial charge in [-0.15, -0.1) is 0 Å². The molecule has 0 radical (unpaired) electrons. The number of amides is 2. The Bertz CT molecular complexity index is 375. The Balaban J connectivity index is 2.21. The third-order valence-corrected chi connectivity index (χ3v) is 4.52.